The van der Waals surface area contributed by atoms with Crippen LogP contribution in [0, 0.1) is 5.82 Å². The zero-order valence-corrected chi connectivity index (χ0v) is 18.9. The van der Waals surface area contributed by atoms with Crippen LogP contribution in [-0.4, -0.2) is 37.8 Å². The fourth-order valence-electron chi connectivity index (χ4n) is 2.71. The summed E-state index contributed by atoms with van der Waals surface area (Å²) in [6.07, 6.45) is 0.839. The van der Waals surface area contributed by atoms with E-state index in [1.54, 1.807) is 6.92 Å². The predicted octanol–water partition coefficient (Wildman–Crippen LogP) is 5.03. The van der Waals surface area contributed by atoms with Gasteiger partial charge in [0.25, 0.3) is 5.91 Å². The molecule has 0 bridgehead atoms. The minimum absolute atomic E-state index is 0.0173. The van der Waals surface area contributed by atoms with Crippen LogP contribution in [0.5, 0.6) is 0 Å². The van der Waals surface area contributed by atoms with E-state index in [-0.39, 0.29) is 21.7 Å². The highest BCUT2D eigenvalue weighted by Crippen LogP contribution is 2.26. The summed E-state index contributed by atoms with van der Waals surface area (Å²) in [7, 11) is -3.70. The molecule has 1 N–H and O–H groups in total. The van der Waals surface area contributed by atoms with Crippen LogP contribution >= 0.6 is 0 Å². The van der Waals surface area contributed by atoms with Crippen molar-refractivity contribution in [2.24, 2.45) is 0 Å². The maximum Gasteiger partial charge on any atom is 0.412 e. The normalized spacial score (nSPS) is 14.0. The molecule has 0 saturated carbocycles. The van der Waals surface area contributed by atoms with Crippen LogP contribution in [0.2, 0.25) is 0 Å². The monoisotopic (exact) mass is 482 g/mol. The summed E-state index contributed by atoms with van der Waals surface area (Å²) in [6.45, 7) is 6.03. The van der Waals surface area contributed by atoms with Crippen LogP contribution in [0.3, 0.4) is 0 Å². The molecule has 33 heavy (non-hydrogen) atoms. The Morgan fingerprint density at radius 2 is 1.85 bits per heavy atom. The highest BCUT2D eigenvalue weighted by atomic mass is 32.2. The number of aromatic nitrogens is 1. The smallest absolute Gasteiger partial charge is 0.346 e. The highest BCUT2D eigenvalue weighted by Gasteiger charge is 2.29. The number of sulfone groups is 1. The second-order valence-corrected chi connectivity index (χ2v) is 9.31. The summed E-state index contributed by atoms with van der Waals surface area (Å²) < 4.78 is 75.6. The molecule has 176 valence electrons. The SMILES string of the molecule is C=C/C(=C\C=C(/C)C(F)(F)F)[C@@H](C)NC(=O)c1cc(-c2ccc(F)cn2)cc(S(C)(=O)=O)c1. The van der Waals surface area contributed by atoms with Gasteiger partial charge in [-0.2, -0.15) is 13.2 Å². The third kappa shape index (κ3) is 7.11. The molecular formula is C23H22F4N2O3S. The van der Waals surface area contributed by atoms with Gasteiger partial charge < -0.3 is 5.32 Å². The molecule has 1 aromatic heterocycles. The molecular weight excluding hydrogens is 460 g/mol. The summed E-state index contributed by atoms with van der Waals surface area (Å²) in [5, 5.41) is 2.61. The van der Waals surface area contributed by atoms with Gasteiger partial charge in [0.05, 0.1) is 22.8 Å². The Morgan fingerprint density at radius 1 is 1.18 bits per heavy atom. The molecule has 1 heterocycles. The van der Waals surface area contributed by atoms with E-state index >= 15 is 0 Å². The summed E-state index contributed by atoms with van der Waals surface area (Å²) in [6, 6.07) is 5.64. The van der Waals surface area contributed by atoms with Crippen molar-refractivity contribution in [2.45, 2.75) is 31.0 Å². The molecule has 2 aromatic rings. The van der Waals surface area contributed by atoms with E-state index in [0.29, 0.717) is 5.57 Å². The van der Waals surface area contributed by atoms with Crippen LogP contribution < -0.4 is 5.32 Å². The molecule has 0 aliphatic rings. The van der Waals surface area contributed by atoms with E-state index in [1.165, 1.54) is 36.4 Å². The van der Waals surface area contributed by atoms with Gasteiger partial charge in [0, 0.05) is 23.0 Å². The van der Waals surface area contributed by atoms with E-state index in [4.69, 9.17) is 0 Å². The van der Waals surface area contributed by atoms with Crippen molar-refractivity contribution >= 4 is 15.7 Å². The average molecular weight is 482 g/mol. The zero-order chi connectivity index (χ0) is 25.0. The molecule has 0 spiro atoms. The van der Waals surface area contributed by atoms with E-state index < -0.39 is 39.4 Å². The molecule has 1 aromatic carbocycles. The molecule has 0 unspecified atom stereocenters. The second-order valence-electron chi connectivity index (χ2n) is 7.29. The molecule has 1 atom stereocenters. The van der Waals surface area contributed by atoms with Crippen molar-refractivity contribution < 1.29 is 30.8 Å². The quantitative estimate of drug-likeness (QED) is 0.444. The van der Waals surface area contributed by atoms with E-state index in [0.717, 1.165) is 31.5 Å². The molecule has 0 radical (unpaired) electrons. The maximum absolute atomic E-state index is 13.2. The Balaban J connectivity index is 2.41. The Morgan fingerprint density at radius 3 is 2.36 bits per heavy atom. The molecule has 0 saturated heterocycles. The van der Waals surface area contributed by atoms with Crippen molar-refractivity contribution in [3.05, 3.63) is 83.9 Å². The van der Waals surface area contributed by atoms with Gasteiger partial charge in [-0.05, 0) is 49.8 Å². The largest absolute Gasteiger partial charge is 0.412 e. The number of benzene rings is 1. The van der Waals surface area contributed by atoms with E-state index in [2.05, 4.69) is 16.9 Å². The summed E-state index contributed by atoms with van der Waals surface area (Å²) in [4.78, 5) is 16.6. The average Bonchev–Trinajstić information content (AvgIpc) is 2.72. The van der Waals surface area contributed by atoms with Crippen molar-refractivity contribution in [2.75, 3.05) is 6.26 Å². The highest BCUT2D eigenvalue weighted by molar-refractivity contribution is 7.90. The van der Waals surface area contributed by atoms with Crippen LogP contribution in [-0.2, 0) is 9.84 Å². The molecule has 0 aliphatic heterocycles. The summed E-state index contributed by atoms with van der Waals surface area (Å²) in [5.74, 6) is -1.25. The first-order valence-electron chi connectivity index (χ1n) is 9.58. The first-order valence-corrected chi connectivity index (χ1v) is 11.5. The van der Waals surface area contributed by atoms with Crippen LogP contribution in [0.1, 0.15) is 24.2 Å². The van der Waals surface area contributed by atoms with Gasteiger partial charge in [0.1, 0.15) is 5.82 Å². The van der Waals surface area contributed by atoms with Crippen molar-refractivity contribution in [1.82, 2.24) is 10.3 Å². The topological polar surface area (TPSA) is 76.1 Å². The molecule has 10 heteroatoms. The van der Waals surface area contributed by atoms with Gasteiger partial charge >= 0.3 is 6.18 Å². The number of hydrogen-bond donors (Lipinski definition) is 1. The third-order valence-electron chi connectivity index (χ3n) is 4.68. The molecule has 1 amide bonds. The van der Waals surface area contributed by atoms with Crippen LogP contribution in [0.15, 0.2) is 77.4 Å². The number of nitrogens with zero attached hydrogens (tertiary/aromatic N) is 1. The Kier molecular flexibility index (Phi) is 7.97. The number of carbonyl (C=O) groups excluding carboxylic acids is 1. The third-order valence-corrected chi connectivity index (χ3v) is 5.77. The van der Waals surface area contributed by atoms with Crippen molar-refractivity contribution in [3.8, 4) is 11.3 Å². The molecule has 5 nitrogen and oxygen atoms in total. The van der Waals surface area contributed by atoms with Crippen LogP contribution in [0.4, 0.5) is 17.6 Å². The summed E-state index contributed by atoms with van der Waals surface area (Å²) in [5.41, 5.74) is 0.00280. The van der Waals surface area contributed by atoms with Gasteiger partial charge in [0.2, 0.25) is 0 Å². The minimum Gasteiger partial charge on any atom is -0.346 e. The number of pyridine rings is 1. The van der Waals surface area contributed by atoms with Gasteiger partial charge in [-0.1, -0.05) is 24.8 Å². The molecule has 2 rings (SSSR count). The van der Waals surface area contributed by atoms with Gasteiger partial charge in [-0.3, -0.25) is 9.78 Å². The van der Waals surface area contributed by atoms with Gasteiger partial charge in [-0.25, -0.2) is 12.8 Å². The fraction of sp³-hybridized carbons (Fsp3) is 0.217. The number of alkyl halides is 3. The second kappa shape index (κ2) is 10.1. The van der Waals surface area contributed by atoms with Gasteiger partial charge in [0.15, 0.2) is 9.84 Å². The number of rotatable bonds is 7. The van der Waals surface area contributed by atoms with Crippen LogP contribution in [0.25, 0.3) is 11.3 Å². The number of allylic oxidation sites excluding steroid dienone is 3. The van der Waals surface area contributed by atoms with Gasteiger partial charge in [-0.15, -0.1) is 0 Å². The lowest BCUT2D eigenvalue weighted by Gasteiger charge is -2.16. The number of hydrogen-bond acceptors (Lipinski definition) is 4. The predicted molar refractivity (Wildman–Crippen MR) is 118 cm³/mol. The zero-order valence-electron chi connectivity index (χ0n) is 18.1. The van der Waals surface area contributed by atoms with Crippen molar-refractivity contribution in [1.29, 1.82) is 0 Å². The minimum atomic E-state index is -4.48. The lowest BCUT2D eigenvalue weighted by molar-refractivity contribution is -0.0913. The number of amides is 1. The molecule has 0 aliphatic carbocycles. The molecule has 0 fully saturated rings. The first kappa shape index (κ1) is 26.0. The van der Waals surface area contributed by atoms with E-state index in [1.807, 2.05) is 0 Å². The fourth-order valence-corrected chi connectivity index (χ4v) is 3.39. The number of nitrogens with one attached hydrogen (secondary N) is 1. The van der Waals surface area contributed by atoms with Crippen molar-refractivity contribution in [3.63, 3.8) is 0 Å². The standard InChI is InChI=1S/C23H22F4N2O3S/c1-5-16(7-6-14(2)23(25,26)27)15(3)29-22(30)18-10-17(11-20(12-18)33(4,31)32)21-9-8-19(24)13-28-21/h5-13,15H,1H2,2-4H3,(H,29,30)/b14-6+,16-7+/t15-/m1/s1. The Hall–Kier alpha value is -3.27. The first-order chi connectivity index (χ1) is 15.2. The Bertz CT molecular complexity index is 1220. The number of carbonyl (C=O) groups is 1. The lowest BCUT2D eigenvalue weighted by atomic mass is 10.0. The van der Waals surface area contributed by atoms with E-state index in [9.17, 15) is 30.8 Å². The lowest BCUT2D eigenvalue weighted by Crippen LogP contribution is -2.33. The maximum atomic E-state index is 13.2. The summed E-state index contributed by atoms with van der Waals surface area (Å²) >= 11 is 0. The number of halogens is 4. The Labute approximate surface area is 189 Å².